The van der Waals surface area contributed by atoms with Crippen molar-refractivity contribution < 1.29 is 27.2 Å². The van der Waals surface area contributed by atoms with E-state index in [1.807, 2.05) is 0 Å². The number of halogens is 2. The number of hydrogen-bond acceptors (Lipinski definition) is 7. The van der Waals surface area contributed by atoms with Crippen LogP contribution in [0.15, 0.2) is 57.7 Å². The van der Waals surface area contributed by atoms with Crippen LogP contribution < -0.4 is 10.6 Å². The quantitative estimate of drug-likeness (QED) is 0.275. The number of benzene rings is 2. The summed E-state index contributed by atoms with van der Waals surface area (Å²) >= 11 is 6.61. The number of nitrogens with zero attached hydrogens (tertiary/aromatic N) is 2. The summed E-state index contributed by atoms with van der Waals surface area (Å²) < 4.78 is 40.0. The Morgan fingerprint density at radius 2 is 1.92 bits per heavy atom. The number of amides is 2. The third-order valence-electron chi connectivity index (χ3n) is 5.53. The number of anilines is 1. The molecule has 0 radical (unpaired) electrons. The molecule has 0 fully saturated rings. The highest BCUT2D eigenvalue weighted by Crippen LogP contribution is 2.30. The zero-order valence-electron chi connectivity index (χ0n) is 18.8. The topological polar surface area (TPSA) is 127 Å². The van der Waals surface area contributed by atoms with Crippen molar-refractivity contribution in [2.75, 3.05) is 17.7 Å². The zero-order valence-corrected chi connectivity index (χ0v) is 21.2. The summed E-state index contributed by atoms with van der Waals surface area (Å²) in [7, 11) is -2.35. The van der Waals surface area contributed by atoms with E-state index in [-0.39, 0.29) is 44.0 Å². The summed E-state index contributed by atoms with van der Waals surface area (Å²) in [6.07, 6.45) is -0.486. The van der Waals surface area contributed by atoms with Gasteiger partial charge in [-0.3, -0.25) is 19.4 Å². The Balaban J connectivity index is 1.53. The Bertz CT molecular complexity index is 1550. The number of imide groups is 1. The molecule has 0 bridgehead atoms. The predicted octanol–water partition coefficient (Wildman–Crippen LogP) is 3.19. The highest BCUT2D eigenvalue weighted by atomic mass is 35.5. The summed E-state index contributed by atoms with van der Waals surface area (Å²) in [5.74, 6) is -3.36. The van der Waals surface area contributed by atoms with E-state index < -0.39 is 39.0 Å². The lowest BCUT2D eigenvalue weighted by Gasteiger charge is -2.27. The highest BCUT2D eigenvalue weighted by molar-refractivity contribution is 7.94. The van der Waals surface area contributed by atoms with Crippen molar-refractivity contribution in [3.63, 3.8) is 0 Å². The van der Waals surface area contributed by atoms with Gasteiger partial charge in [0.25, 0.3) is 5.91 Å². The maximum absolute atomic E-state index is 15.0. The molecular weight excluding hydrogens is 529 g/mol. The van der Waals surface area contributed by atoms with Gasteiger partial charge >= 0.3 is 0 Å². The summed E-state index contributed by atoms with van der Waals surface area (Å²) in [4.78, 5) is 42.8. The van der Waals surface area contributed by atoms with E-state index in [9.17, 15) is 22.8 Å². The summed E-state index contributed by atoms with van der Waals surface area (Å²) in [6, 6.07) is 11.1. The monoisotopic (exact) mass is 547 g/mol. The van der Waals surface area contributed by atoms with E-state index in [2.05, 4.69) is 4.99 Å². The van der Waals surface area contributed by atoms with Crippen LogP contribution in [0.3, 0.4) is 0 Å². The molecule has 36 heavy (non-hydrogen) atoms. The second-order valence-corrected chi connectivity index (χ2v) is 11.9. The molecule has 0 aliphatic carbocycles. The van der Waals surface area contributed by atoms with Gasteiger partial charge < -0.3 is 5.73 Å². The lowest BCUT2D eigenvalue weighted by Crippen LogP contribution is -2.43. The molecule has 0 saturated heterocycles. The second kappa shape index (κ2) is 9.92. The SMILES string of the molecule is CN=C(N)c1ccc2c(c1)CC(=O)N(c1ccc(CC(=O)CS(=O)(=O)c3ccc(Cl)s3)cc1F)C2=O. The standard InChI is InChI=1S/C24H19ClFN3O5S2/c1-28-23(27)14-3-4-17-15(10-14)11-21(31)29(24(17)32)19-5-2-13(9-18(19)26)8-16(30)12-36(33,34)22-7-6-20(25)35-22/h2-7,9-10H,8,11-12H2,1H3,(H2,27,28). The zero-order chi connectivity index (χ0) is 26.2. The molecule has 2 N–H and O–H groups in total. The molecule has 4 rings (SSSR count). The van der Waals surface area contributed by atoms with Crippen LogP contribution in [0.4, 0.5) is 10.1 Å². The van der Waals surface area contributed by atoms with E-state index in [0.29, 0.717) is 11.1 Å². The van der Waals surface area contributed by atoms with Crippen LogP contribution >= 0.6 is 22.9 Å². The Morgan fingerprint density at radius 1 is 1.17 bits per heavy atom. The number of carbonyl (C=O) groups excluding carboxylic acids is 3. The van der Waals surface area contributed by atoms with E-state index in [4.69, 9.17) is 17.3 Å². The number of thiophene rings is 1. The Morgan fingerprint density at radius 3 is 2.56 bits per heavy atom. The molecule has 0 atom stereocenters. The number of aliphatic imine (C=N–C) groups is 1. The molecule has 0 spiro atoms. The highest BCUT2D eigenvalue weighted by Gasteiger charge is 2.34. The summed E-state index contributed by atoms with van der Waals surface area (Å²) in [5.41, 5.74) is 7.01. The van der Waals surface area contributed by atoms with E-state index in [1.165, 1.54) is 37.4 Å². The molecule has 1 aliphatic rings. The largest absolute Gasteiger partial charge is 0.384 e. The Labute approximate surface area is 215 Å². The average Bonchev–Trinajstić information content (AvgIpc) is 3.26. The van der Waals surface area contributed by atoms with Crippen LogP contribution in [0.2, 0.25) is 4.34 Å². The van der Waals surface area contributed by atoms with E-state index in [0.717, 1.165) is 22.3 Å². The Kier molecular flexibility index (Phi) is 7.07. The van der Waals surface area contributed by atoms with Crippen molar-refractivity contribution in [1.82, 2.24) is 0 Å². The first-order chi connectivity index (χ1) is 17.0. The van der Waals surface area contributed by atoms with Crippen LogP contribution in [-0.4, -0.2) is 44.7 Å². The van der Waals surface area contributed by atoms with Crippen molar-refractivity contribution in [2.24, 2.45) is 10.7 Å². The minimum Gasteiger partial charge on any atom is -0.384 e. The van der Waals surface area contributed by atoms with E-state index >= 15 is 4.39 Å². The van der Waals surface area contributed by atoms with Crippen LogP contribution in [0.25, 0.3) is 0 Å². The maximum atomic E-state index is 15.0. The molecule has 2 heterocycles. The first-order valence-corrected chi connectivity index (χ1v) is 13.4. The lowest BCUT2D eigenvalue weighted by atomic mass is 9.95. The molecule has 2 amide bonds. The average molecular weight is 548 g/mol. The van der Waals surface area contributed by atoms with Gasteiger partial charge in [0.1, 0.15) is 21.6 Å². The van der Waals surface area contributed by atoms with Gasteiger partial charge in [-0.2, -0.15) is 0 Å². The smallest absolute Gasteiger partial charge is 0.265 e. The maximum Gasteiger partial charge on any atom is 0.265 e. The molecule has 1 aliphatic heterocycles. The van der Waals surface area contributed by atoms with Gasteiger partial charge in [0.05, 0.1) is 16.4 Å². The fourth-order valence-corrected chi connectivity index (χ4v) is 6.64. The molecule has 186 valence electrons. The molecular formula is C24H19ClFN3O5S2. The van der Waals surface area contributed by atoms with Crippen LogP contribution in [0, 0.1) is 5.82 Å². The number of rotatable bonds is 7. The van der Waals surface area contributed by atoms with Gasteiger partial charge in [0.2, 0.25) is 5.91 Å². The third kappa shape index (κ3) is 5.08. The van der Waals surface area contributed by atoms with Gasteiger partial charge in [-0.1, -0.05) is 23.7 Å². The fraction of sp³-hybridized carbons (Fsp3) is 0.167. The number of nitrogens with two attached hydrogens (primary N) is 1. The number of amidine groups is 1. The third-order valence-corrected chi connectivity index (χ3v) is 9.02. The number of ketones is 1. The number of hydrogen-bond donors (Lipinski definition) is 1. The van der Waals surface area contributed by atoms with Gasteiger partial charge in [0, 0.05) is 24.6 Å². The summed E-state index contributed by atoms with van der Waals surface area (Å²) in [5, 5.41) is 0. The van der Waals surface area contributed by atoms with Gasteiger partial charge in [-0.15, -0.1) is 11.3 Å². The van der Waals surface area contributed by atoms with Gasteiger partial charge in [0.15, 0.2) is 15.6 Å². The number of carbonyl (C=O) groups is 3. The fourth-order valence-electron chi connectivity index (χ4n) is 3.82. The first kappa shape index (κ1) is 25.7. The van der Waals surface area contributed by atoms with Crippen molar-refractivity contribution in [1.29, 1.82) is 0 Å². The number of sulfone groups is 1. The molecule has 8 nitrogen and oxygen atoms in total. The molecule has 1 aromatic heterocycles. The number of fused-ring (bicyclic) bond motifs is 1. The first-order valence-electron chi connectivity index (χ1n) is 10.5. The second-order valence-electron chi connectivity index (χ2n) is 8.01. The summed E-state index contributed by atoms with van der Waals surface area (Å²) in [6.45, 7) is 0. The van der Waals surface area contributed by atoms with Crippen molar-refractivity contribution >= 4 is 61.9 Å². The molecule has 0 unspecified atom stereocenters. The van der Waals surface area contributed by atoms with Gasteiger partial charge in [-0.05, 0) is 47.5 Å². The lowest BCUT2D eigenvalue weighted by molar-refractivity contribution is -0.118. The van der Waals surface area contributed by atoms with Crippen LogP contribution in [0.1, 0.15) is 27.0 Å². The minimum atomic E-state index is -3.87. The van der Waals surface area contributed by atoms with Crippen molar-refractivity contribution in [3.05, 3.63) is 80.9 Å². The normalized spacial score (nSPS) is 14.2. The molecule has 2 aromatic carbocycles. The predicted molar refractivity (Wildman–Crippen MR) is 135 cm³/mol. The molecule has 12 heteroatoms. The van der Waals surface area contributed by atoms with Crippen molar-refractivity contribution in [3.8, 4) is 0 Å². The number of Topliss-reactive ketones (excluding diaryl/α,β-unsaturated/α-hetero) is 1. The minimum absolute atomic E-state index is 0.0263. The van der Waals surface area contributed by atoms with Crippen LogP contribution in [0.5, 0.6) is 0 Å². The molecule has 0 saturated carbocycles. The van der Waals surface area contributed by atoms with Crippen LogP contribution in [-0.2, 0) is 32.3 Å². The van der Waals surface area contributed by atoms with E-state index in [1.54, 1.807) is 12.1 Å². The molecule has 3 aromatic rings. The Hall–Kier alpha value is -3.41. The van der Waals surface area contributed by atoms with Crippen molar-refractivity contribution in [2.45, 2.75) is 17.1 Å². The van der Waals surface area contributed by atoms with Gasteiger partial charge in [-0.25, -0.2) is 17.7 Å².